The standard InChI is InChI=1S/C25H36O2Si/c1-7-25(5,6)23(26)19-14-20-27-28(24(2,3)4,21-15-10-8-11-16-21)22-17-12-9-13-18-22/h7-13,15-18,23,26H,1,14,19-20H2,2-6H3. The molecule has 28 heavy (non-hydrogen) atoms. The van der Waals surface area contributed by atoms with Gasteiger partial charge >= 0.3 is 0 Å². The van der Waals surface area contributed by atoms with Crippen molar-refractivity contribution in [1.82, 2.24) is 0 Å². The Balaban J connectivity index is 2.31. The van der Waals surface area contributed by atoms with Crippen molar-refractivity contribution in [3.05, 3.63) is 73.3 Å². The second kappa shape index (κ2) is 9.21. The number of hydrogen-bond acceptors (Lipinski definition) is 2. The van der Waals surface area contributed by atoms with Crippen LogP contribution in [0.4, 0.5) is 0 Å². The fourth-order valence-corrected chi connectivity index (χ4v) is 8.38. The predicted octanol–water partition coefficient (Wildman–Crippen LogP) is 4.92. The SMILES string of the molecule is C=CC(C)(C)C(O)CCCO[Si](c1ccccc1)(c1ccccc1)C(C)(C)C. The number of hydrogen-bond donors (Lipinski definition) is 1. The van der Waals surface area contributed by atoms with Crippen LogP contribution in [0.3, 0.4) is 0 Å². The lowest BCUT2D eigenvalue weighted by Crippen LogP contribution is -2.66. The summed E-state index contributed by atoms with van der Waals surface area (Å²) in [5, 5.41) is 13.1. The Labute approximate surface area is 172 Å². The van der Waals surface area contributed by atoms with Crippen LogP contribution < -0.4 is 10.4 Å². The van der Waals surface area contributed by atoms with Gasteiger partial charge in [0.25, 0.3) is 8.32 Å². The van der Waals surface area contributed by atoms with Crippen molar-refractivity contribution in [1.29, 1.82) is 0 Å². The summed E-state index contributed by atoms with van der Waals surface area (Å²) in [6, 6.07) is 21.4. The minimum atomic E-state index is -2.48. The molecule has 0 aromatic heterocycles. The highest BCUT2D eigenvalue weighted by Crippen LogP contribution is 2.37. The summed E-state index contributed by atoms with van der Waals surface area (Å²) in [6.07, 6.45) is 2.95. The maximum Gasteiger partial charge on any atom is 0.261 e. The molecule has 2 aromatic rings. The number of rotatable bonds is 9. The van der Waals surface area contributed by atoms with E-state index < -0.39 is 14.4 Å². The Morgan fingerprint density at radius 2 is 1.39 bits per heavy atom. The van der Waals surface area contributed by atoms with Gasteiger partial charge in [-0.15, -0.1) is 6.58 Å². The molecule has 0 fully saturated rings. The lowest BCUT2D eigenvalue weighted by molar-refractivity contribution is 0.0677. The minimum Gasteiger partial charge on any atom is -0.407 e. The van der Waals surface area contributed by atoms with Crippen LogP contribution in [0.15, 0.2) is 73.3 Å². The molecule has 0 radical (unpaired) electrons. The molecule has 0 saturated heterocycles. The number of benzene rings is 2. The highest BCUT2D eigenvalue weighted by molar-refractivity contribution is 6.99. The second-order valence-electron chi connectivity index (χ2n) is 9.20. The van der Waals surface area contributed by atoms with Crippen molar-refractivity contribution < 1.29 is 9.53 Å². The predicted molar refractivity (Wildman–Crippen MR) is 123 cm³/mol. The molecule has 0 amide bonds. The lowest BCUT2D eigenvalue weighted by atomic mass is 9.84. The first-order valence-corrected chi connectivity index (χ1v) is 12.1. The zero-order valence-corrected chi connectivity index (χ0v) is 19.1. The molecule has 0 heterocycles. The molecule has 1 unspecified atom stereocenters. The Morgan fingerprint density at radius 3 is 1.79 bits per heavy atom. The van der Waals surface area contributed by atoms with E-state index in [4.69, 9.17) is 4.43 Å². The highest BCUT2D eigenvalue weighted by atomic mass is 28.4. The number of aliphatic hydroxyl groups is 1. The van der Waals surface area contributed by atoms with E-state index in [9.17, 15) is 5.11 Å². The third-order valence-electron chi connectivity index (χ3n) is 5.74. The Hall–Kier alpha value is -1.68. The molecule has 0 spiro atoms. The Morgan fingerprint density at radius 1 is 0.929 bits per heavy atom. The summed E-state index contributed by atoms with van der Waals surface area (Å²) in [6.45, 7) is 15.4. The van der Waals surface area contributed by atoms with Crippen molar-refractivity contribution in [2.45, 2.75) is 58.6 Å². The molecule has 0 bridgehead atoms. The maximum absolute atomic E-state index is 10.5. The van der Waals surface area contributed by atoms with Crippen molar-refractivity contribution in [2.24, 2.45) is 5.41 Å². The smallest absolute Gasteiger partial charge is 0.261 e. The van der Waals surface area contributed by atoms with E-state index in [1.807, 2.05) is 19.9 Å². The van der Waals surface area contributed by atoms with E-state index >= 15 is 0 Å². The van der Waals surface area contributed by atoms with E-state index in [-0.39, 0.29) is 10.5 Å². The molecule has 3 heteroatoms. The minimum absolute atomic E-state index is 0.0191. The van der Waals surface area contributed by atoms with Crippen LogP contribution in [0.2, 0.25) is 5.04 Å². The average molecular weight is 397 g/mol. The zero-order valence-electron chi connectivity index (χ0n) is 18.1. The first-order valence-electron chi connectivity index (χ1n) is 10.2. The molecule has 0 aliphatic rings. The van der Waals surface area contributed by atoms with Crippen LogP contribution in [0.1, 0.15) is 47.5 Å². The monoisotopic (exact) mass is 396 g/mol. The number of aliphatic hydroxyl groups excluding tert-OH is 1. The van der Waals surface area contributed by atoms with Crippen LogP contribution in [0.25, 0.3) is 0 Å². The average Bonchev–Trinajstić information content (AvgIpc) is 2.68. The summed E-state index contributed by atoms with van der Waals surface area (Å²) >= 11 is 0. The summed E-state index contributed by atoms with van der Waals surface area (Å²) in [5.41, 5.74) is -0.280. The first kappa shape index (κ1) is 22.6. The Bertz CT molecular complexity index is 693. The van der Waals surface area contributed by atoms with Gasteiger partial charge in [0.1, 0.15) is 0 Å². The van der Waals surface area contributed by atoms with Gasteiger partial charge in [-0.1, -0.05) is 101 Å². The van der Waals surface area contributed by atoms with Gasteiger partial charge in [0.05, 0.1) is 6.10 Å². The second-order valence-corrected chi connectivity index (χ2v) is 13.5. The fourth-order valence-electron chi connectivity index (χ4n) is 3.77. The van der Waals surface area contributed by atoms with E-state index in [0.717, 1.165) is 6.42 Å². The van der Waals surface area contributed by atoms with Gasteiger partial charge in [0, 0.05) is 12.0 Å². The van der Waals surface area contributed by atoms with Crippen molar-refractivity contribution in [3.8, 4) is 0 Å². The third kappa shape index (κ3) is 4.83. The summed E-state index contributed by atoms with van der Waals surface area (Å²) in [5.74, 6) is 0. The summed E-state index contributed by atoms with van der Waals surface area (Å²) < 4.78 is 6.86. The largest absolute Gasteiger partial charge is 0.407 e. The van der Waals surface area contributed by atoms with Crippen LogP contribution in [0, 0.1) is 5.41 Å². The van der Waals surface area contributed by atoms with Gasteiger partial charge in [-0.2, -0.15) is 0 Å². The molecular formula is C25H36O2Si. The normalized spacial score (nSPS) is 13.9. The van der Waals surface area contributed by atoms with Gasteiger partial charge in [-0.25, -0.2) is 0 Å². The molecule has 0 saturated carbocycles. The van der Waals surface area contributed by atoms with E-state index in [2.05, 4.69) is 88.0 Å². The van der Waals surface area contributed by atoms with E-state index in [0.29, 0.717) is 13.0 Å². The molecule has 2 rings (SSSR count). The van der Waals surface area contributed by atoms with Crippen molar-refractivity contribution in [3.63, 3.8) is 0 Å². The zero-order chi connectivity index (χ0) is 20.8. The van der Waals surface area contributed by atoms with Crippen LogP contribution in [-0.4, -0.2) is 26.1 Å². The van der Waals surface area contributed by atoms with Crippen LogP contribution in [-0.2, 0) is 4.43 Å². The van der Waals surface area contributed by atoms with Gasteiger partial charge in [-0.05, 0) is 28.3 Å². The van der Waals surface area contributed by atoms with Crippen LogP contribution in [0.5, 0.6) is 0 Å². The van der Waals surface area contributed by atoms with Gasteiger partial charge < -0.3 is 9.53 Å². The highest BCUT2D eigenvalue weighted by Gasteiger charge is 2.49. The van der Waals surface area contributed by atoms with Gasteiger partial charge in [0.2, 0.25) is 0 Å². The molecule has 1 N–H and O–H groups in total. The molecule has 1 atom stereocenters. The quantitative estimate of drug-likeness (QED) is 0.370. The lowest BCUT2D eigenvalue weighted by Gasteiger charge is -2.43. The molecular weight excluding hydrogens is 360 g/mol. The maximum atomic E-state index is 10.5. The van der Waals surface area contributed by atoms with Gasteiger partial charge in [-0.3, -0.25) is 0 Å². The van der Waals surface area contributed by atoms with Crippen molar-refractivity contribution >= 4 is 18.7 Å². The topological polar surface area (TPSA) is 29.5 Å². The molecule has 0 aliphatic carbocycles. The molecule has 0 aliphatic heterocycles. The Kier molecular flexibility index (Phi) is 7.44. The van der Waals surface area contributed by atoms with E-state index in [1.54, 1.807) is 0 Å². The van der Waals surface area contributed by atoms with Crippen molar-refractivity contribution in [2.75, 3.05) is 6.61 Å². The molecule has 2 aromatic carbocycles. The summed E-state index contributed by atoms with van der Waals surface area (Å²) in [4.78, 5) is 0. The van der Waals surface area contributed by atoms with Crippen LogP contribution >= 0.6 is 0 Å². The summed E-state index contributed by atoms with van der Waals surface area (Å²) in [7, 11) is -2.48. The fraction of sp³-hybridized carbons (Fsp3) is 0.440. The van der Waals surface area contributed by atoms with E-state index in [1.165, 1.54) is 10.4 Å². The first-order chi connectivity index (χ1) is 13.1. The van der Waals surface area contributed by atoms with Gasteiger partial charge in [0.15, 0.2) is 0 Å². The molecule has 152 valence electrons. The third-order valence-corrected chi connectivity index (χ3v) is 10.8. The molecule has 2 nitrogen and oxygen atoms in total.